The van der Waals surface area contributed by atoms with E-state index in [2.05, 4.69) is 10.2 Å². The number of hydrogen-bond acceptors (Lipinski definition) is 4. The second-order valence-electron chi connectivity index (χ2n) is 6.35. The van der Waals surface area contributed by atoms with Crippen molar-refractivity contribution in [1.82, 2.24) is 4.90 Å². The van der Waals surface area contributed by atoms with Crippen LogP contribution in [0.25, 0.3) is 0 Å². The van der Waals surface area contributed by atoms with Gasteiger partial charge in [0.25, 0.3) is 5.91 Å². The van der Waals surface area contributed by atoms with Crippen LogP contribution in [0.2, 0.25) is 5.02 Å². The second-order valence-corrected chi connectivity index (χ2v) is 7.87. The number of para-hydroxylation sites is 1. The molecular formula is C20H18ClN3O2S. The van der Waals surface area contributed by atoms with E-state index in [0.29, 0.717) is 23.0 Å². The van der Waals surface area contributed by atoms with Gasteiger partial charge >= 0.3 is 0 Å². The molecule has 2 aliphatic heterocycles. The highest BCUT2D eigenvalue weighted by molar-refractivity contribution is 8.04. The highest BCUT2D eigenvalue weighted by Crippen LogP contribution is 2.37. The van der Waals surface area contributed by atoms with Crippen molar-refractivity contribution in [3.05, 3.63) is 64.5 Å². The van der Waals surface area contributed by atoms with E-state index in [-0.39, 0.29) is 11.8 Å². The maximum Gasteiger partial charge on any atom is 0.262 e. The summed E-state index contributed by atoms with van der Waals surface area (Å²) in [4.78, 5) is 30.3. The van der Waals surface area contributed by atoms with Crippen LogP contribution in [0.3, 0.4) is 0 Å². The van der Waals surface area contributed by atoms with Gasteiger partial charge in [-0.1, -0.05) is 41.6 Å². The van der Waals surface area contributed by atoms with Crippen LogP contribution in [0, 0.1) is 0 Å². The highest BCUT2D eigenvalue weighted by Gasteiger charge is 2.25. The lowest BCUT2D eigenvalue weighted by Gasteiger charge is -2.35. The zero-order chi connectivity index (χ0) is 18.8. The molecule has 0 unspecified atom stereocenters. The third-order valence-corrected chi connectivity index (χ3v) is 5.93. The Morgan fingerprint density at radius 3 is 2.63 bits per heavy atom. The van der Waals surface area contributed by atoms with Crippen molar-refractivity contribution in [2.45, 2.75) is 4.90 Å². The maximum atomic E-state index is 12.6. The number of carbonyl (C=O) groups is 2. The van der Waals surface area contributed by atoms with Crippen LogP contribution < -0.4 is 10.2 Å². The Morgan fingerprint density at radius 2 is 1.85 bits per heavy atom. The van der Waals surface area contributed by atoms with Crippen molar-refractivity contribution in [3.63, 3.8) is 0 Å². The van der Waals surface area contributed by atoms with Gasteiger partial charge in [-0.05, 0) is 30.3 Å². The molecule has 2 aromatic carbocycles. The third-order valence-electron chi connectivity index (χ3n) is 4.60. The standard InChI is InChI=1S/C20H18ClN3O2S/c21-14-4-3-5-15(12-14)23-8-10-24(11-9-23)19(25)13-18-20(26)22-16-6-1-2-7-17(16)27-18/h1-7,12-13H,8-11H2,(H,22,26). The fourth-order valence-corrected chi connectivity index (χ4v) is 4.26. The molecule has 1 fully saturated rings. The summed E-state index contributed by atoms with van der Waals surface area (Å²) in [6, 6.07) is 15.3. The van der Waals surface area contributed by atoms with E-state index in [4.69, 9.17) is 11.6 Å². The van der Waals surface area contributed by atoms with Crippen molar-refractivity contribution in [2.75, 3.05) is 36.4 Å². The first kappa shape index (κ1) is 17.9. The Bertz CT molecular complexity index is 923. The Balaban J connectivity index is 1.41. The first-order chi connectivity index (χ1) is 13.1. The third kappa shape index (κ3) is 3.96. The lowest BCUT2D eigenvalue weighted by molar-refractivity contribution is -0.126. The minimum Gasteiger partial charge on any atom is -0.368 e. The van der Waals surface area contributed by atoms with E-state index in [9.17, 15) is 9.59 Å². The Hall–Kier alpha value is -2.44. The van der Waals surface area contributed by atoms with Gasteiger partial charge in [0.2, 0.25) is 5.91 Å². The number of rotatable bonds is 2. The summed E-state index contributed by atoms with van der Waals surface area (Å²) >= 11 is 7.40. The highest BCUT2D eigenvalue weighted by atomic mass is 35.5. The monoisotopic (exact) mass is 399 g/mol. The molecule has 2 aromatic rings. The molecule has 0 bridgehead atoms. The molecule has 0 radical (unpaired) electrons. The van der Waals surface area contributed by atoms with Crippen LogP contribution >= 0.6 is 23.4 Å². The average Bonchev–Trinajstić information content (AvgIpc) is 2.68. The van der Waals surface area contributed by atoms with Crippen molar-refractivity contribution in [1.29, 1.82) is 0 Å². The number of thioether (sulfide) groups is 1. The number of nitrogens with zero attached hydrogens (tertiary/aromatic N) is 2. The lowest BCUT2D eigenvalue weighted by Crippen LogP contribution is -2.48. The summed E-state index contributed by atoms with van der Waals surface area (Å²) in [7, 11) is 0. The van der Waals surface area contributed by atoms with Crippen molar-refractivity contribution >= 4 is 46.6 Å². The molecule has 27 heavy (non-hydrogen) atoms. The molecule has 2 aliphatic rings. The Morgan fingerprint density at radius 1 is 1.07 bits per heavy atom. The van der Waals surface area contributed by atoms with Crippen LogP contribution in [0.4, 0.5) is 11.4 Å². The minimum atomic E-state index is -0.232. The summed E-state index contributed by atoms with van der Waals surface area (Å²) in [5.41, 5.74) is 1.85. The van der Waals surface area contributed by atoms with Gasteiger partial charge in [0, 0.05) is 47.9 Å². The Kier molecular flexibility index (Phi) is 5.09. The first-order valence-corrected chi connectivity index (χ1v) is 9.89. The van der Waals surface area contributed by atoms with Crippen molar-refractivity contribution < 1.29 is 9.59 Å². The molecule has 2 amide bonds. The van der Waals surface area contributed by atoms with E-state index in [1.807, 2.05) is 48.5 Å². The SMILES string of the molecule is O=C1Nc2ccccc2SC1=CC(=O)N1CCN(c2cccc(Cl)c2)CC1. The molecule has 138 valence electrons. The molecule has 0 aromatic heterocycles. The molecule has 7 heteroatoms. The summed E-state index contributed by atoms with van der Waals surface area (Å²) in [5.74, 6) is -0.359. The van der Waals surface area contributed by atoms with Crippen LogP contribution in [0.5, 0.6) is 0 Å². The number of halogens is 1. The van der Waals surface area contributed by atoms with E-state index < -0.39 is 0 Å². The van der Waals surface area contributed by atoms with Crippen LogP contribution in [-0.4, -0.2) is 42.9 Å². The predicted octanol–water partition coefficient (Wildman–Crippen LogP) is 3.62. The molecule has 0 atom stereocenters. The topological polar surface area (TPSA) is 52.7 Å². The van der Waals surface area contributed by atoms with Crippen LogP contribution in [0.15, 0.2) is 64.4 Å². The smallest absolute Gasteiger partial charge is 0.262 e. The fraction of sp³-hybridized carbons (Fsp3) is 0.200. The Labute approximate surface area is 167 Å². The molecule has 2 heterocycles. The van der Waals surface area contributed by atoms with E-state index in [0.717, 1.165) is 29.4 Å². The second kappa shape index (κ2) is 7.66. The quantitative estimate of drug-likeness (QED) is 0.784. The number of amides is 2. The molecule has 0 saturated carbocycles. The number of carbonyl (C=O) groups excluding carboxylic acids is 2. The summed E-state index contributed by atoms with van der Waals surface area (Å²) in [6.45, 7) is 2.69. The molecule has 5 nitrogen and oxygen atoms in total. The number of nitrogens with one attached hydrogen (secondary N) is 1. The zero-order valence-electron chi connectivity index (χ0n) is 14.5. The number of benzene rings is 2. The van der Waals surface area contributed by atoms with Gasteiger partial charge in [-0.2, -0.15) is 0 Å². The van der Waals surface area contributed by atoms with Gasteiger partial charge in [-0.25, -0.2) is 0 Å². The number of fused-ring (bicyclic) bond motifs is 1. The number of hydrogen-bond donors (Lipinski definition) is 1. The molecule has 1 saturated heterocycles. The summed E-state index contributed by atoms with van der Waals surface area (Å²) in [5, 5.41) is 3.54. The van der Waals surface area contributed by atoms with Crippen LogP contribution in [0.1, 0.15) is 0 Å². The van der Waals surface area contributed by atoms with Crippen LogP contribution in [-0.2, 0) is 9.59 Å². The number of piperazine rings is 1. The van der Waals surface area contributed by atoms with E-state index in [1.165, 1.54) is 17.8 Å². The molecule has 0 aliphatic carbocycles. The molecule has 1 N–H and O–H groups in total. The largest absolute Gasteiger partial charge is 0.368 e. The maximum absolute atomic E-state index is 12.6. The fourth-order valence-electron chi connectivity index (χ4n) is 3.16. The normalized spacial score (nSPS) is 18.3. The van der Waals surface area contributed by atoms with Gasteiger partial charge in [-0.3, -0.25) is 9.59 Å². The predicted molar refractivity (Wildman–Crippen MR) is 109 cm³/mol. The van der Waals surface area contributed by atoms with E-state index in [1.54, 1.807) is 4.90 Å². The van der Waals surface area contributed by atoms with E-state index >= 15 is 0 Å². The van der Waals surface area contributed by atoms with Gasteiger partial charge in [0.1, 0.15) is 0 Å². The first-order valence-electron chi connectivity index (χ1n) is 8.69. The molecular weight excluding hydrogens is 382 g/mol. The van der Waals surface area contributed by atoms with Gasteiger partial charge in [0.15, 0.2) is 0 Å². The van der Waals surface area contributed by atoms with Gasteiger partial charge in [-0.15, -0.1) is 0 Å². The average molecular weight is 400 g/mol. The molecule has 0 spiro atoms. The minimum absolute atomic E-state index is 0.127. The summed E-state index contributed by atoms with van der Waals surface area (Å²) in [6.07, 6.45) is 1.45. The zero-order valence-corrected chi connectivity index (χ0v) is 16.1. The van der Waals surface area contributed by atoms with Crippen molar-refractivity contribution in [2.24, 2.45) is 0 Å². The van der Waals surface area contributed by atoms with Crippen molar-refractivity contribution in [3.8, 4) is 0 Å². The summed E-state index contributed by atoms with van der Waals surface area (Å²) < 4.78 is 0. The van der Waals surface area contributed by atoms with Gasteiger partial charge in [0.05, 0.1) is 10.6 Å². The lowest BCUT2D eigenvalue weighted by atomic mass is 10.2. The number of anilines is 2. The molecule has 4 rings (SSSR count). The van der Waals surface area contributed by atoms with Gasteiger partial charge < -0.3 is 15.1 Å².